The quantitative estimate of drug-likeness (QED) is 0.315. The SMILES string of the molecule is COC1(C(N)=O)C=CC=C(CNNC(=O)O)C1.CS(=O)(=O)O. The number of rotatable bonds is 5. The molecule has 2 amide bonds. The Kier molecular flexibility index (Phi) is 7.73. The molecule has 0 aromatic rings. The monoisotopic (exact) mass is 337 g/mol. The van der Waals surface area contributed by atoms with Gasteiger partial charge in [0, 0.05) is 20.1 Å². The van der Waals surface area contributed by atoms with E-state index in [0.29, 0.717) is 12.7 Å². The van der Waals surface area contributed by atoms with Gasteiger partial charge in [0.15, 0.2) is 5.60 Å². The van der Waals surface area contributed by atoms with Crippen LogP contribution in [0.15, 0.2) is 23.8 Å². The van der Waals surface area contributed by atoms with Gasteiger partial charge in [-0.3, -0.25) is 14.8 Å². The number of ether oxygens (including phenoxy) is 1. The van der Waals surface area contributed by atoms with Gasteiger partial charge in [-0.1, -0.05) is 17.7 Å². The molecule has 1 unspecified atom stereocenters. The minimum atomic E-state index is -3.67. The van der Waals surface area contributed by atoms with Crippen molar-refractivity contribution in [3.8, 4) is 0 Å². The molecule has 0 fully saturated rings. The molecule has 1 aliphatic carbocycles. The number of hydrazine groups is 1. The third kappa shape index (κ3) is 8.36. The molecule has 1 atom stereocenters. The van der Waals surface area contributed by atoms with Crippen molar-refractivity contribution in [3.05, 3.63) is 23.8 Å². The highest BCUT2D eigenvalue weighted by Gasteiger charge is 2.35. The number of amides is 2. The smallest absolute Gasteiger partial charge is 0.419 e. The first-order valence-corrected chi connectivity index (χ1v) is 7.71. The summed E-state index contributed by atoms with van der Waals surface area (Å²) in [6.45, 7) is 0.273. The third-order valence-corrected chi connectivity index (χ3v) is 2.48. The van der Waals surface area contributed by atoms with E-state index < -0.39 is 27.7 Å². The summed E-state index contributed by atoms with van der Waals surface area (Å²) >= 11 is 0. The molecule has 10 nitrogen and oxygen atoms in total. The van der Waals surface area contributed by atoms with Crippen molar-refractivity contribution in [3.63, 3.8) is 0 Å². The van der Waals surface area contributed by atoms with Crippen LogP contribution in [0.3, 0.4) is 0 Å². The molecule has 22 heavy (non-hydrogen) atoms. The molecule has 6 N–H and O–H groups in total. The summed E-state index contributed by atoms with van der Waals surface area (Å²) in [5, 5.41) is 8.37. The maximum Gasteiger partial charge on any atom is 0.419 e. The molecule has 11 heteroatoms. The van der Waals surface area contributed by atoms with E-state index in [1.165, 1.54) is 7.11 Å². The van der Waals surface area contributed by atoms with Crippen LogP contribution in [0.5, 0.6) is 0 Å². The van der Waals surface area contributed by atoms with Gasteiger partial charge in [0.25, 0.3) is 16.0 Å². The second-order valence-electron chi connectivity index (χ2n) is 4.34. The second kappa shape index (κ2) is 8.48. The lowest BCUT2D eigenvalue weighted by Crippen LogP contribution is -2.46. The summed E-state index contributed by atoms with van der Waals surface area (Å²) in [5.74, 6) is -0.576. The molecule has 0 radical (unpaired) electrons. The normalized spacial score (nSPS) is 20.4. The molecule has 1 aliphatic rings. The van der Waals surface area contributed by atoms with Gasteiger partial charge in [-0.15, -0.1) is 0 Å². The zero-order chi connectivity index (χ0) is 17.4. The summed E-state index contributed by atoms with van der Waals surface area (Å²) in [7, 11) is -2.26. The Morgan fingerprint density at radius 3 is 2.45 bits per heavy atom. The van der Waals surface area contributed by atoms with E-state index in [4.69, 9.17) is 20.1 Å². The number of methoxy groups -OCH3 is 1. The minimum absolute atomic E-state index is 0.273. The Labute approximate surface area is 127 Å². The molecule has 0 saturated heterocycles. The van der Waals surface area contributed by atoms with Gasteiger partial charge in [-0.2, -0.15) is 8.42 Å². The molecular formula is C11H19N3O7S. The summed E-state index contributed by atoms with van der Waals surface area (Å²) < 4.78 is 31.0. The van der Waals surface area contributed by atoms with Gasteiger partial charge in [0.1, 0.15) is 0 Å². The minimum Gasteiger partial charge on any atom is -0.464 e. The number of allylic oxidation sites excluding steroid dienone is 2. The summed E-state index contributed by atoms with van der Waals surface area (Å²) in [5.41, 5.74) is 9.45. The lowest BCUT2D eigenvalue weighted by atomic mass is 9.89. The van der Waals surface area contributed by atoms with E-state index >= 15 is 0 Å². The van der Waals surface area contributed by atoms with Crippen LogP contribution in [-0.4, -0.2) is 55.6 Å². The van der Waals surface area contributed by atoms with Gasteiger partial charge in [-0.05, 0) is 6.08 Å². The largest absolute Gasteiger partial charge is 0.464 e. The third-order valence-electron chi connectivity index (χ3n) is 2.48. The predicted octanol–water partition coefficient (Wildman–Crippen LogP) is -0.981. The number of nitrogens with two attached hydrogens (primary N) is 1. The first kappa shape index (κ1) is 20.1. The number of carbonyl (C=O) groups excluding carboxylic acids is 1. The molecule has 0 aliphatic heterocycles. The van der Waals surface area contributed by atoms with Crippen molar-refractivity contribution in [2.24, 2.45) is 5.73 Å². The van der Waals surface area contributed by atoms with Crippen molar-refractivity contribution < 1.29 is 32.4 Å². The van der Waals surface area contributed by atoms with E-state index in [9.17, 15) is 18.0 Å². The molecule has 0 aromatic heterocycles. The first-order chi connectivity index (χ1) is 10.00. The topological polar surface area (TPSA) is 168 Å². The number of hydrogen-bond acceptors (Lipinski definition) is 6. The highest BCUT2D eigenvalue weighted by molar-refractivity contribution is 7.85. The van der Waals surface area contributed by atoms with Gasteiger partial charge < -0.3 is 15.6 Å². The highest BCUT2D eigenvalue weighted by Crippen LogP contribution is 2.25. The molecule has 0 bridgehead atoms. The average molecular weight is 337 g/mol. The fourth-order valence-corrected chi connectivity index (χ4v) is 1.56. The van der Waals surface area contributed by atoms with Crippen LogP contribution >= 0.6 is 0 Å². The maximum atomic E-state index is 11.3. The van der Waals surface area contributed by atoms with E-state index in [0.717, 1.165) is 5.57 Å². The van der Waals surface area contributed by atoms with Crippen molar-refractivity contribution in [1.29, 1.82) is 0 Å². The van der Waals surface area contributed by atoms with Crippen molar-refractivity contribution in [2.45, 2.75) is 12.0 Å². The van der Waals surface area contributed by atoms with E-state index in [2.05, 4.69) is 5.43 Å². The zero-order valence-electron chi connectivity index (χ0n) is 12.1. The van der Waals surface area contributed by atoms with Crippen LogP contribution in [0, 0.1) is 0 Å². The molecule has 0 heterocycles. The van der Waals surface area contributed by atoms with Crippen molar-refractivity contribution >= 4 is 22.1 Å². The summed E-state index contributed by atoms with van der Waals surface area (Å²) in [4.78, 5) is 21.6. The lowest BCUT2D eigenvalue weighted by Gasteiger charge is -2.29. The lowest BCUT2D eigenvalue weighted by molar-refractivity contribution is -0.134. The number of carboxylic acid groups (broad SMARTS) is 1. The molecular weight excluding hydrogens is 318 g/mol. The molecule has 1 rings (SSSR count). The maximum absolute atomic E-state index is 11.3. The van der Waals surface area contributed by atoms with E-state index in [1.54, 1.807) is 18.2 Å². The van der Waals surface area contributed by atoms with Gasteiger partial charge in [-0.25, -0.2) is 10.2 Å². The van der Waals surface area contributed by atoms with Crippen molar-refractivity contribution in [1.82, 2.24) is 10.9 Å². The average Bonchev–Trinajstić information content (AvgIpc) is 2.36. The Balaban J connectivity index is 0.000000763. The van der Waals surface area contributed by atoms with Gasteiger partial charge >= 0.3 is 6.09 Å². The summed E-state index contributed by atoms with van der Waals surface area (Å²) in [6, 6.07) is 0. The fourth-order valence-electron chi connectivity index (χ4n) is 1.56. The van der Waals surface area contributed by atoms with Gasteiger partial charge in [0.2, 0.25) is 0 Å². The van der Waals surface area contributed by atoms with Crippen LogP contribution < -0.4 is 16.6 Å². The van der Waals surface area contributed by atoms with Crippen LogP contribution in [0.4, 0.5) is 4.79 Å². The first-order valence-electron chi connectivity index (χ1n) is 5.87. The molecule has 0 spiro atoms. The Hall–Kier alpha value is -1.95. The molecule has 0 saturated carbocycles. The van der Waals surface area contributed by atoms with E-state index in [-0.39, 0.29) is 6.54 Å². The number of hydrogen-bond donors (Lipinski definition) is 5. The number of primary amides is 1. The van der Waals surface area contributed by atoms with Crippen LogP contribution in [-0.2, 0) is 19.6 Å². The predicted molar refractivity (Wildman–Crippen MR) is 77.4 cm³/mol. The standard InChI is InChI=1S/C10H15N3O4.CH4O3S/c1-17-10(8(11)14)4-2-3-7(5-10)6-12-13-9(15)16;1-5(2,3)4/h2-4,12-13H,5-6H2,1H3,(H2,11,14)(H,15,16);1H3,(H,2,3,4). The highest BCUT2D eigenvalue weighted by atomic mass is 32.2. The molecule has 0 aromatic carbocycles. The van der Waals surface area contributed by atoms with Crippen LogP contribution in [0.2, 0.25) is 0 Å². The number of carbonyl (C=O) groups is 2. The fraction of sp³-hybridized carbons (Fsp3) is 0.455. The second-order valence-corrected chi connectivity index (χ2v) is 5.80. The summed E-state index contributed by atoms with van der Waals surface area (Å²) in [6.07, 6.45) is 4.86. The Bertz CT molecular complexity index is 562. The van der Waals surface area contributed by atoms with Crippen molar-refractivity contribution in [2.75, 3.05) is 19.9 Å². The van der Waals surface area contributed by atoms with Crippen LogP contribution in [0.1, 0.15) is 6.42 Å². The Morgan fingerprint density at radius 1 is 1.50 bits per heavy atom. The zero-order valence-corrected chi connectivity index (χ0v) is 12.9. The Morgan fingerprint density at radius 2 is 2.05 bits per heavy atom. The van der Waals surface area contributed by atoms with Gasteiger partial charge in [0.05, 0.1) is 6.26 Å². The molecule has 126 valence electrons. The van der Waals surface area contributed by atoms with E-state index in [1.807, 2.05) is 5.43 Å². The van der Waals surface area contributed by atoms with Crippen LogP contribution in [0.25, 0.3) is 0 Å². The number of nitrogens with one attached hydrogen (secondary N) is 2.